The van der Waals surface area contributed by atoms with Crippen LogP contribution in [-0.4, -0.2) is 42.8 Å². The molecule has 0 bridgehead atoms. The van der Waals surface area contributed by atoms with E-state index in [0.29, 0.717) is 12.1 Å². The number of likely N-dealkylation sites (tertiary alicyclic amines) is 1. The predicted molar refractivity (Wildman–Crippen MR) is 59.3 cm³/mol. The van der Waals surface area contributed by atoms with E-state index < -0.39 is 0 Å². The Morgan fingerprint density at radius 3 is 2.71 bits per heavy atom. The van der Waals surface area contributed by atoms with Gasteiger partial charge in [0.15, 0.2) is 0 Å². The first-order chi connectivity index (χ1) is 6.46. The summed E-state index contributed by atoms with van der Waals surface area (Å²) in [4.78, 5) is 2.44. The van der Waals surface area contributed by atoms with Gasteiger partial charge in [0.05, 0.1) is 5.60 Å². The zero-order valence-electron chi connectivity index (χ0n) is 9.92. The minimum Gasteiger partial charge on any atom is -0.377 e. The summed E-state index contributed by atoms with van der Waals surface area (Å²) in [5, 5.41) is 0. The second-order valence-corrected chi connectivity index (χ2v) is 4.98. The molecule has 1 heterocycles. The first-order valence-corrected chi connectivity index (χ1v) is 5.51. The first kappa shape index (κ1) is 12.0. The highest BCUT2D eigenvalue weighted by molar-refractivity contribution is 4.87. The van der Waals surface area contributed by atoms with Crippen LogP contribution in [0.25, 0.3) is 0 Å². The Labute approximate surface area is 87.6 Å². The third-order valence-electron chi connectivity index (χ3n) is 3.31. The quantitative estimate of drug-likeness (QED) is 0.744. The SMILES string of the molecule is COC(C)(C)CN1CCCC(N)C1C. The minimum atomic E-state index is -0.0642. The van der Waals surface area contributed by atoms with Gasteiger partial charge in [0.25, 0.3) is 0 Å². The lowest BCUT2D eigenvalue weighted by Gasteiger charge is -2.41. The van der Waals surface area contributed by atoms with E-state index in [9.17, 15) is 0 Å². The van der Waals surface area contributed by atoms with E-state index in [4.69, 9.17) is 10.5 Å². The van der Waals surface area contributed by atoms with Gasteiger partial charge in [-0.2, -0.15) is 0 Å². The van der Waals surface area contributed by atoms with Gasteiger partial charge in [-0.15, -0.1) is 0 Å². The van der Waals surface area contributed by atoms with Crippen LogP contribution in [0.15, 0.2) is 0 Å². The zero-order chi connectivity index (χ0) is 10.8. The lowest BCUT2D eigenvalue weighted by atomic mass is 9.96. The third kappa shape index (κ3) is 2.94. The number of hydrogen-bond acceptors (Lipinski definition) is 3. The monoisotopic (exact) mass is 200 g/mol. The maximum atomic E-state index is 6.05. The molecule has 0 amide bonds. The molecule has 0 radical (unpaired) electrons. The molecular weight excluding hydrogens is 176 g/mol. The highest BCUT2D eigenvalue weighted by Gasteiger charge is 2.29. The Morgan fingerprint density at radius 1 is 1.50 bits per heavy atom. The molecule has 2 N–H and O–H groups in total. The third-order valence-corrected chi connectivity index (χ3v) is 3.31. The second kappa shape index (κ2) is 4.60. The molecule has 1 rings (SSSR count). The standard InChI is InChI=1S/C11H24N2O/c1-9-10(12)6-5-7-13(9)8-11(2,3)14-4/h9-10H,5-8,12H2,1-4H3. The fourth-order valence-electron chi connectivity index (χ4n) is 2.02. The summed E-state index contributed by atoms with van der Waals surface area (Å²) in [6, 6.07) is 0.814. The number of hydrogen-bond donors (Lipinski definition) is 1. The Balaban J connectivity index is 2.51. The predicted octanol–water partition coefficient (Wildman–Crippen LogP) is 1.22. The summed E-state index contributed by atoms with van der Waals surface area (Å²) in [5.41, 5.74) is 5.98. The minimum absolute atomic E-state index is 0.0642. The Bertz CT molecular complexity index is 182. The van der Waals surface area contributed by atoms with Crippen molar-refractivity contribution in [1.29, 1.82) is 0 Å². The second-order valence-electron chi connectivity index (χ2n) is 4.98. The van der Waals surface area contributed by atoms with Crippen molar-refractivity contribution in [3.05, 3.63) is 0 Å². The molecule has 3 nitrogen and oxygen atoms in total. The molecule has 0 aromatic carbocycles. The van der Waals surface area contributed by atoms with Crippen molar-refractivity contribution in [3.8, 4) is 0 Å². The van der Waals surface area contributed by atoms with Crippen LogP contribution in [0.3, 0.4) is 0 Å². The molecule has 1 aliphatic heterocycles. The van der Waals surface area contributed by atoms with Crippen LogP contribution in [-0.2, 0) is 4.74 Å². The smallest absolute Gasteiger partial charge is 0.0749 e. The first-order valence-electron chi connectivity index (χ1n) is 5.51. The highest BCUT2D eigenvalue weighted by Crippen LogP contribution is 2.19. The summed E-state index contributed by atoms with van der Waals surface area (Å²) < 4.78 is 5.44. The average Bonchev–Trinajstić information content (AvgIpc) is 2.13. The molecule has 1 aliphatic rings. The maximum absolute atomic E-state index is 6.05. The van der Waals surface area contributed by atoms with Crippen LogP contribution in [0.5, 0.6) is 0 Å². The Hall–Kier alpha value is -0.120. The molecule has 0 spiro atoms. The van der Waals surface area contributed by atoms with Crippen molar-refractivity contribution >= 4 is 0 Å². The fourth-order valence-corrected chi connectivity index (χ4v) is 2.02. The van der Waals surface area contributed by atoms with Gasteiger partial charge >= 0.3 is 0 Å². The van der Waals surface area contributed by atoms with Crippen molar-refractivity contribution < 1.29 is 4.74 Å². The van der Waals surface area contributed by atoms with Gasteiger partial charge < -0.3 is 10.5 Å². The number of piperidine rings is 1. The molecule has 0 aromatic heterocycles. The van der Waals surface area contributed by atoms with Gasteiger partial charge in [-0.3, -0.25) is 4.90 Å². The summed E-state index contributed by atoms with van der Waals surface area (Å²) in [6.45, 7) is 8.59. The Kier molecular flexibility index (Phi) is 3.93. The molecule has 84 valence electrons. The van der Waals surface area contributed by atoms with Crippen molar-refractivity contribution in [2.24, 2.45) is 5.73 Å². The molecule has 0 saturated carbocycles. The van der Waals surface area contributed by atoms with Crippen molar-refractivity contribution in [1.82, 2.24) is 4.90 Å². The number of rotatable bonds is 3. The fraction of sp³-hybridized carbons (Fsp3) is 1.00. The molecule has 1 fully saturated rings. The summed E-state index contributed by atoms with van der Waals surface area (Å²) in [5.74, 6) is 0. The summed E-state index contributed by atoms with van der Waals surface area (Å²) >= 11 is 0. The van der Waals surface area contributed by atoms with E-state index in [1.165, 1.54) is 6.42 Å². The summed E-state index contributed by atoms with van der Waals surface area (Å²) in [7, 11) is 1.77. The van der Waals surface area contributed by atoms with Crippen LogP contribution in [0, 0.1) is 0 Å². The summed E-state index contributed by atoms with van der Waals surface area (Å²) in [6.07, 6.45) is 2.37. The number of nitrogens with two attached hydrogens (primary N) is 1. The van der Waals surface area contributed by atoms with Gasteiger partial charge in [-0.25, -0.2) is 0 Å². The molecular formula is C11H24N2O. The number of ether oxygens (including phenoxy) is 1. The molecule has 1 saturated heterocycles. The maximum Gasteiger partial charge on any atom is 0.0749 e. The van der Waals surface area contributed by atoms with Crippen LogP contribution >= 0.6 is 0 Å². The van der Waals surface area contributed by atoms with Gasteiger partial charge in [-0.05, 0) is 40.2 Å². The molecule has 3 heteroatoms. The molecule has 0 aliphatic carbocycles. The van der Waals surface area contributed by atoms with Gasteiger partial charge in [-0.1, -0.05) is 0 Å². The average molecular weight is 200 g/mol. The number of nitrogens with zero attached hydrogens (tertiary/aromatic N) is 1. The van der Waals surface area contributed by atoms with Crippen LogP contribution in [0.2, 0.25) is 0 Å². The molecule has 2 unspecified atom stereocenters. The topological polar surface area (TPSA) is 38.5 Å². The van der Waals surface area contributed by atoms with E-state index in [1.54, 1.807) is 7.11 Å². The van der Waals surface area contributed by atoms with Gasteiger partial charge in [0.2, 0.25) is 0 Å². The van der Waals surface area contributed by atoms with Crippen molar-refractivity contribution in [2.75, 3.05) is 20.2 Å². The molecule has 14 heavy (non-hydrogen) atoms. The van der Waals surface area contributed by atoms with Crippen molar-refractivity contribution in [2.45, 2.75) is 51.3 Å². The van der Waals surface area contributed by atoms with Gasteiger partial charge in [0, 0.05) is 25.7 Å². The van der Waals surface area contributed by atoms with E-state index in [0.717, 1.165) is 19.5 Å². The van der Waals surface area contributed by atoms with E-state index in [-0.39, 0.29) is 5.60 Å². The van der Waals surface area contributed by atoms with E-state index in [1.807, 2.05) is 0 Å². The normalized spacial score (nSPS) is 30.6. The molecule has 0 aromatic rings. The van der Waals surface area contributed by atoms with Gasteiger partial charge in [0.1, 0.15) is 0 Å². The van der Waals surface area contributed by atoms with Crippen LogP contribution < -0.4 is 5.73 Å². The Morgan fingerprint density at radius 2 is 2.14 bits per heavy atom. The van der Waals surface area contributed by atoms with Crippen LogP contribution in [0.4, 0.5) is 0 Å². The lowest BCUT2D eigenvalue weighted by molar-refractivity contribution is -0.0250. The lowest BCUT2D eigenvalue weighted by Crippen LogP contribution is -2.54. The van der Waals surface area contributed by atoms with E-state index in [2.05, 4.69) is 25.7 Å². The number of methoxy groups -OCH3 is 1. The highest BCUT2D eigenvalue weighted by atomic mass is 16.5. The van der Waals surface area contributed by atoms with E-state index >= 15 is 0 Å². The zero-order valence-corrected chi connectivity index (χ0v) is 9.92. The van der Waals surface area contributed by atoms with Crippen LogP contribution in [0.1, 0.15) is 33.6 Å². The molecule has 2 atom stereocenters. The van der Waals surface area contributed by atoms with Crippen molar-refractivity contribution in [3.63, 3.8) is 0 Å². The largest absolute Gasteiger partial charge is 0.377 e.